The summed E-state index contributed by atoms with van der Waals surface area (Å²) in [5.74, 6) is -1.60. The normalized spacial score (nSPS) is 11.6. The Kier molecular flexibility index (Phi) is 7.01. The lowest BCUT2D eigenvalue weighted by atomic mass is 10.0. The maximum Gasteiger partial charge on any atom is 0.325 e. The summed E-state index contributed by atoms with van der Waals surface area (Å²) < 4.78 is 0. The van der Waals surface area contributed by atoms with Crippen molar-refractivity contribution in [2.75, 3.05) is 11.9 Å². The smallest absolute Gasteiger partial charge is 0.325 e. The first-order valence-corrected chi connectivity index (χ1v) is 10.3. The van der Waals surface area contributed by atoms with Crippen LogP contribution in [0.2, 0.25) is 0 Å². The molecule has 1 aromatic heterocycles. The van der Waals surface area contributed by atoms with Crippen molar-refractivity contribution < 1.29 is 19.5 Å². The summed E-state index contributed by atoms with van der Waals surface area (Å²) >= 11 is 1.20. The van der Waals surface area contributed by atoms with Gasteiger partial charge in [0.05, 0.1) is 5.56 Å². The van der Waals surface area contributed by atoms with Gasteiger partial charge in [-0.3, -0.25) is 14.9 Å². The molecule has 8 nitrogen and oxygen atoms in total. The standard InChI is InChI=1S/C22H22N4O4S/c23-19(27)16-12-17(31-20(16)26-22(24)30)15-8-4-5-13(11-15)9-10-25-18(21(28)29)14-6-2-1-3-7-14/h1-8,11-12,18,25H,9-10H2,(H2,23,27)(H,28,29)(H3,24,26,30)/t18-/m0/s1. The molecule has 0 saturated heterocycles. The molecule has 0 aliphatic rings. The molecule has 0 fully saturated rings. The van der Waals surface area contributed by atoms with Crippen LogP contribution in [-0.4, -0.2) is 29.6 Å². The second-order valence-corrected chi connectivity index (χ2v) is 7.85. The second-order valence-electron chi connectivity index (χ2n) is 6.79. The first-order chi connectivity index (χ1) is 14.8. The molecule has 9 heteroatoms. The molecule has 1 atom stereocenters. The molecule has 2 aromatic carbocycles. The molecule has 0 bridgehead atoms. The molecule has 7 N–H and O–H groups in total. The van der Waals surface area contributed by atoms with Crippen LogP contribution in [0, 0.1) is 0 Å². The number of hydrogen-bond acceptors (Lipinski definition) is 5. The third kappa shape index (κ3) is 5.68. The van der Waals surface area contributed by atoms with Gasteiger partial charge < -0.3 is 21.9 Å². The van der Waals surface area contributed by atoms with Crippen LogP contribution in [0.5, 0.6) is 0 Å². The number of thiophene rings is 1. The number of hydrogen-bond donors (Lipinski definition) is 5. The number of rotatable bonds is 9. The summed E-state index contributed by atoms with van der Waals surface area (Å²) in [6, 6.07) is 16.7. The third-order valence-corrected chi connectivity index (χ3v) is 5.69. The van der Waals surface area contributed by atoms with Gasteiger partial charge in [-0.15, -0.1) is 11.3 Å². The van der Waals surface area contributed by atoms with Crippen LogP contribution in [-0.2, 0) is 11.2 Å². The highest BCUT2D eigenvalue weighted by Gasteiger charge is 2.19. The number of carboxylic acids is 1. The van der Waals surface area contributed by atoms with Crippen molar-refractivity contribution in [3.8, 4) is 10.4 Å². The number of nitrogens with two attached hydrogens (primary N) is 2. The molecule has 3 amide bonds. The fraction of sp³-hybridized carbons (Fsp3) is 0.136. The van der Waals surface area contributed by atoms with Crippen molar-refractivity contribution in [2.45, 2.75) is 12.5 Å². The monoisotopic (exact) mass is 438 g/mol. The maximum absolute atomic E-state index is 11.7. The zero-order chi connectivity index (χ0) is 22.4. The summed E-state index contributed by atoms with van der Waals surface area (Å²) in [4.78, 5) is 35.2. The Morgan fingerprint density at radius 2 is 1.74 bits per heavy atom. The Labute approximate surface area is 182 Å². The van der Waals surface area contributed by atoms with Gasteiger partial charge in [0.15, 0.2) is 0 Å². The molecule has 0 aliphatic heterocycles. The average molecular weight is 439 g/mol. The van der Waals surface area contributed by atoms with E-state index < -0.39 is 23.9 Å². The summed E-state index contributed by atoms with van der Waals surface area (Å²) in [5.41, 5.74) is 13.3. The lowest BCUT2D eigenvalue weighted by Gasteiger charge is -2.15. The van der Waals surface area contributed by atoms with Gasteiger partial charge in [0, 0.05) is 11.4 Å². The van der Waals surface area contributed by atoms with Crippen LogP contribution in [0.3, 0.4) is 0 Å². The van der Waals surface area contributed by atoms with E-state index in [1.165, 1.54) is 11.3 Å². The van der Waals surface area contributed by atoms with E-state index in [0.717, 1.165) is 16.0 Å². The van der Waals surface area contributed by atoms with Crippen molar-refractivity contribution in [3.63, 3.8) is 0 Å². The van der Waals surface area contributed by atoms with Crippen LogP contribution >= 0.6 is 11.3 Å². The summed E-state index contributed by atoms with van der Waals surface area (Å²) in [5, 5.41) is 15.3. The molecule has 3 aromatic rings. The number of carbonyl (C=O) groups is 3. The van der Waals surface area contributed by atoms with Gasteiger partial charge >= 0.3 is 12.0 Å². The minimum atomic E-state index is -0.938. The van der Waals surface area contributed by atoms with E-state index in [9.17, 15) is 19.5 Å². The predicted molar refractivity (Wildman–Crippen MR) is 120 cm³/mol. The van der Waals surface area contributed by atoms with Gasteiger partial charge in [-0.2, -0.15) is 0 Å². The van der Waals surface area contributed by atoms with Gasteiger partial charge in [-0.1, -0.05) is 54.6 Å². The molecule has 0 aliphatic carbocycles. The zero-order valence-corrected chi connectivity index (χ0v) is 17.3. The van der Waals surface area contributed by atoms with Crippen LogP contribution in [0.25, 0.3) is 10.4 Å². The van der Waals surface area contributed by atoms with E-state index in [2.05, 4.69) is 10.6 Å². The molecular formula is C22H22N4O4S. The largest absolute Gasteiger partial charge is 0.480 e. The predicted octanol–water partition coefficient (Wildman–Crippen LogP) is 2.96. The summed E-state index contributed by atoms with van der Waals surface area (Å²) in [6.45, 7) is 0.459. The fourth-order valence-electron chi connectivity index (χ4n) is 3.16. The number of amides is 3. The maximum atomic E-state index is 11.7. The average Bonchev–Trinajstić information content (AvgIpc) is 3.15. The van der Waals surface area contributed by atoms with E-state index >= 15 is 0 Å². The van der Waals surface area contributed by atoms with Crippen molar-refractivity contribution in [2.24, 2.45) is 11.5 Å². The SMILES string of the molecule is NC(=O)Nc1sc(-c2cccc(CCN[C@H](C(=O)O)c3ccccc3)c2)cc1C(N)=O. The first-order valence-electron chi connectivity index (χ1n) is 9.45. The number of primary amides is 2. The van der Waals surface area contributed by atoms with Gasteiger partial charge in [0.25, 0.3) is 5.91 Å². The minimum Gasteiger partial charge on any atom is -0.480 e. The topological polar surface area (TPSA) is 148 Å². The molecule has 0 saturated carbocycles. The number of benzene rings is 2. The van der Waals surface area contributed by atoms with Crippen molar-refractivity contribution in [1.82, 2.24) is 5.32 Å². The lowest BCUT2D eigenvalue weighted by molar-refractivity contribution is -0.139. The second kappa shape index (κ2) is 9.88. The van der Waals surface area contributed by atoms with Crippen LogP contribution < -0.4 is 22.1 Å². The highest BCUT2D eigenvalue weighted by atomic mass is 32.1. The number of carboxylic acid groups (broad SMARTS) is 1. The Hall–Kier alpha value is -3.69. The van der Waals surface area contributed by atoms with Crippen molar-refractivity contribution in [3.05, 3.63) is 77.4 Å². The molecule has 0 spiro atoms. The van der Waals surface area contributed by atoms with Gasteiger partial charge in [0.1, 0.15) is 11.0 Å². The molecule has 3 rings (SSSR count). The molecule has 31 heavy (non-hydrogen) atoms. The lowest BCUT2D eigenvalue weighted by Crippen LogP contribution is -2.30. The minimum absolute atomic E-state index is 0.193. The number of anilines is 1. The Bertz CT molecular complexity index is 1100. The molecular weight excluding hydrogens is 416 g/mol. The Morgan fingerprint density at radius 1 is 1.00 bits per heavy atom. The van der Waals surface area contributed by atoms with E-state index in [4.69, 9.17) is 11.5 Å². The number of aliphatic carboxylic acids is 1. The van der Waals surface area contributed by atoms with E-state index in [-0.39, 0.29) is 5.56 Å². The van der Waals surface area contributed by atoms with E-state index in [0.29, 0.717) is 23.5 Å². The van der Waals surface area contributed by atoms with E-state index in [1.54, 1.807) is 30.3 Å². The number of carbonyl (C=O) groups excluding carboxylic acids is 2. The van der Waals surface area contributed by atoms with Crippen molar-refractivity contribution in [1.29, 1.82) is 0 Å². The Morgan fingerprint density at radius 3 is 2.39 bits per heavy atom. The number of nitrogens with one attached hydrogen (secondary N) is 2. The highest BCUT2D eigenvalue weighted by Crippen LogP contribution is 2.35. The van der Waals surface area contributed by atoms with Gasteiger partial charge in [0.2, 0.25) is 0 Å². The molecule has 1 heterocycles. The van der Waals surface area contributed by atoms with Crippen LogP contribution in [0.1, 0.15) is 27.5 Å². The summed E-state index contributed by atoms with van der Waals surface area (Å²) in [7, 11) is 0. The molecule has 160 valence electrons. The molecule has 0 radical (unpaired) electrons. The quantitative estimate of drug-likeness (QED) is 0.348. The van der Waals surface area contributed by atoms with Crippen LogP contribution in [0.15, 0.2) is 60.7 Å². The van der Waals surface area contributed by atoms with Crippen molar-refractivity contribution >= 4 is 34.2 Å². The Balaban J connectivity index is 1.73. The molecule has 0 unspecified atom stereocenters. The third-order valence-electron chi connectivity index (χ3n) is 4.59. The van der Waals surface area contributed by atoms with E-state index in [1.807, 2.05) is 30.3 Å². The fourth-order valence-corrected chi connectivity index (χ4v) is 4.22. The highest BCUT2D eigenvalue weighted by molar-refractivity contribution is 7.20. The number of urea groups is 1. The van der Waals surface area contributed by atoms with Crippen LogP contribution in [0.4, 0.5) is 9.80 Å². The summed E-state index contributed by atoms with van der Waals surface area (Å²) in [6.07, 6.45) is 0.602. The first kappa shape index (κ1) is 22.0. The van der Waals surface area contributed by atoms with Gasteiger partial charge in [-0.05, 0) is 29.2 Å². The zero-order valence-electron chi connectivity index (χ0n) is 16.5. The van der Waals surface area contributed by atoms with Gasteiger partial charge in [-0.25, -0.2) is 4.79 Å².